The minimum absolute atomic E-state index is 0.000631. The number of pyridine rings is 2. The number of nitrogens with zero attached hydrogens (tertiary/aromatic N) is 4. The maximum Gasteiger partial charge on any atom is 0.262 e. The molecule has 7 rings (SSSR count). The first-order valence-corrected chi connectivity index (χ1v) is 19.3. The van der Waals surface area contributed by atoms with E-state index in [0.717, 1.165) is 39.9 Å². The number of imide groups is 2. The van der Waals surface area contributed by atoms with Gasteiger partial charge in [0.25, 0.3) is 17.4 Å². The van der Waals surface area contributed by atoms with E-state index in [4.69, 9.17) is 29.4 Å². The van der Waals surface area contributed by atoms with Crippen LogP contribution in [0.25, 0.3) is 21.9 Å². The van der Waals surface area contributed by atoms with E-state index in [1.165, 1.54) is 12.1 Å². The summed E-state index contributed by atoms with van der Waals surface area (Å²) >= 11 is 0. The molecule has 2 atom stereocenters. The summed E-state index contributed by atoms with van der Waals surface area (Å²) in [7, 11) is 5.00. The van der Waals surface area contributed by atoms with Crippen molar-refractivity contribution in [1.82, 2.24) is 30.0 Å². The number of fused-ring (bicyclic) bond motifs is 2. The van der Waals surface area contributed by atoms with Crippen LogP contribution in [0.1, 0.15) is 45.5 Å². The Balaban J connectivity index is 0.818. The Kier molecular flexibility index (Phi) is 12.5. The molecule has 0 saturated carbocycles. The fourth-order valence-electron chi connectivity index (χ4n) is 7.59. The summed E-state index contributed by atoms with van der Waals surface area (Å²) in [5, 5.41) is 6.66. The lowest BCUT2D eigenvalue weighted by atomic mass is 9.99. The number of rotatable bonds is 17. The smallest absolute Gasteiger partial charge is 0.262 e. The van der Waals surface area contributed by atoms with Gasteiger partial charge >= 0.3 is 0 Å². The zero-order chi connectivity index (χ0) is 41.6. The summed E-state index contributed by atoms with van der Waals surface area (Å²) in [6.07, 6.45) is 7.78. The van der Waals surface area contributed by atoms with E-state index in [1.807, 2.05) is 24.4 Å². The van der Waals surface area contributed by atoms with Crippen LogP contribution in [0.4, 0.5) is 0 Å². The molecule has 4 N–H and O–H groups in total. The second-order valence-corrected chi connectivity index (χ2v) is 14.5. The minimum Gasteiger partial charge on any atom is -0.496 e. The SMILES string of the molecule is COc1cc(-c2cn(C)c(=O)c3cnccc23)cc(OC)c1CN1CCC(OC/C(N)=C/NCCOCCOc2ccc3c(c2)C(=O)N(C2CCC(=O)NC2=O)C3=O)C1. The van der Waals surface area contributed by atoms with Crippen LogP contribution in [0.2, 0.25) is 0 Å². The van der Waals surface area contributed by atoms with Gasteiger partial charge in [-0.3, -0.25) is 44.1 Å². The van der Waals surface area contributed by atoms with E-state index >= 15 is 0 Å². The first kappa shape index (κ1) is 40.9. The van der Waals surface area contributed by atoms with Gasteiger partial charge in [-0.1, -0.05) is 0 Å². The molecule has 0 radical (unpaired) electrons. The van der Waals surface area contributed by atoms with Crippen molar-refractivity contribution in [3.05, 3.63) is 93.9 Å². The van der Waals surface area contributed by atoms with Crippen LogP contribution in [0.3, 0.4) is 0 Å². The predicted octanol–water partition coefficient (Wildman–Crippen LogP) is 2.10. The highest BCUT2D eigenvalue weighted by Gasteiger charge is 2.44. The number of carbonyl (C=O) groups is 4. The van der Waals surface area contributed by atoms with Crippen molar-refractivity contribution in [3.8, 4) is 28.4 Å². The van der Waals surface area contributed by atoms with Gasteiger partial charge in [0.05, 0.1) is 67.9 Å². The van der Waals surface area contributed by atoms with Gasteiger partial charge in [0.1, 0.15) is 29.9 Å². The highest BCUT2D eigenvalue weighted by molar-refractivity contribution is 6.23. The molecule has 2 aromatic carbocycles. The molecular weight excluding hydrogens is 763 g/mol. The van der Waals surface area contributed by atoms with Gasteiger partial charge in [0.2, 0.25) is 11.8 Å². The lowest BCUT2D eigenvalue weighted by Gasteiger charge is -2.27. The molecule has 59 heavy (non-hydrogen) atoms. The maximum absolute atomic E-state index is 13.0. The van der Waals surface area contributed by atoms with Crippen LogP contribution >= 0.6 is 0 Å². The molecular formula is C42H47N7O10. The van der Waals surface area contributed by atoms with Gasteiger partial charge in [0, 0.05) is 70.0 Å². The van der Waals surface area contributed by atoms with Gasteiger partial charge in [-0.2, -0.15) is 0 Å². The summed E-state index contributed by atoms with van der Waals surface area (Å²) in [4.78, 5) is 69.8. The summed E-state index contributed by atoms with van der Waals surface area (Å²) in [5.41, 5.74) is 9.64. The highest BCUT2D eigenvalue weighted by atomic mass is 16.5. The predicted molar refractivity (Wildman–Crippen MR) is 215 cm³/mol. The van der Waals surface area contributed by atoms with Gasteiger partial charge in [0.15, 0.2) is 0 Å². The molecule has 17 nitrogen and oxygen atoms in total. The molecule has 2 aromatic heterocycles. The van der Waals surface area contributed by atoms with Gasteiger partial charge in [-0.25, -0.2) is 0 Å². The number of likely N-dealkylation sites (tertiary alicyclic amines) is 1. The van der Waals surface area contributed by atoms with Crippen molar-refractivity contribution in [2.24, 2.45) is 12.8 Å². The number of carbonyl (C=O) groups excluding carboxylic acids is 4. The molecule has 3 aliphatic heterocycles. The number of aromatic nitrogens is 2. The Bertz CT molecular complexity index is 2340. The van der Waals surface area contributed by atoms with E-state index in [2.05, 4.69) is 20.5 Å². The standard InChI is InChI=1S/C42H47N7O10/c1-47-22-33(29-8-10-44-20-32(29)40(47)52)25-16-36(55-2)34(37(17-25)56-3)23-48-12-9-28(21-48)59-24-26(43)19-45-11-13-57-14-15-58-27-4-5-30-31(18-27)42(54)49(41(30)53)35-6-7-38(50)46-39(35)51/h4-5,8,10,16-20,22,28,35,45H,6-7,9,11-15,21,23-24,43H2,1-3H3,(H,46,50,51)/b26-19-. The monoisotopic (exact) mass is 809 g/mol. The molecule has 4 aromatic rings. The Morgan fingerprint density at radius 3 is 2.49 bits per heavy atom. The van der Waals surface area contributed by atoms with Crippen molar-refractivity contribution >= 4 is 34.4 Å². The summed E-state index contributed by atoms with van der Waals surface area (Å²) in [5.74, 6) is -0.488. The zero-order valence-electron chi connectivity index (χ0n) is 33.2. The topological polar surface area (TPSA) is 206 Å². The number of hydrogen-bond donors (Lipinski definition) is 3. The van der Waals surface area contributed by atoms with Crippen LogP contribution in [-0.4, -0.2) is 115 Å². The van der Waals surface area contributed by atoms with Crippen LogP contribution < -0.4 is 36.1 Å². The number of methoxy groups -OCH3 is 2. The minimum atomic E-state index is -1.02. The van der Waals surface area contributed by atoms with E-state index in [-0.39, 0.29) is 55.5 Å². The Morgan fingerprint density at radius 1 is 0.949 bits per heavy atom. The molecule has 0 bridgehead atoms. The van der Waals surface area contributed by atoms with Gasteiger partial charge < -0.3 is 39.3 Å². The van der Waals surface area contributed by atoms with Crippen LogP contribution in [0.15, 0.2) is 71.7 Å². The third-order valence-electron chi connectivity index (χ3n) is 10.6. The van der Waals surface area contributed by atoms with Gasteiger partial charge in [-0.05, 0) is 60.2 Å². The highest BCUT2D eigenvalue weighted by Crippen LogP contribution is 2.38. The number of hydrogen-bond acceptors (Lipinski definition) is 14. The average molecular weight is 810 g/mol. The summed E-state index contributed by atoms with van der Waals surface area (Å²) in [6.45, 7) is 3.78. The first-order chi connectivity index (χ1) is 28.6. The van der Waals surface area contributed by atoms with Crippen molar-refractivity contribution in [1.29, 1.82) is 0 Å². The van der Waals surface area contributed by atoms with Crippen molar-refractivity contribution < 1.29 is 42.9 Å². The number of amides is 4. The quantitative estimate of drug-likeness (QED) is 0.103. The Morgan fingerprint density at radius 2 is 1.73 bits per heavy atom. The number of nitrogens with two attached hydrogens (primary N) is 1. The third-order valence-corrected chi connectivity index (χ3v) is 10.6. The Hall–Kier alpha value is -6.30. The molecule has 310 valence electrons. The number of ether oxygens (including phenoxy) is 5. The zero-order valence-corrected chi connectivity index (χ0v) is 33.2. The third kappa shape index (κ3) is 8.91. The summed E-state index contributed by atoms with van der Waals surface area (Å²) < 4.78 is 30.8. The van der Waals surface area contributed by atoms with Crippen molar-refractivity contribution in [2.45, 2.75) is 38.0 Å². The van der Waals surface area contributed by atoms with E-state index in [9.17, 15) is 24.0 Å². The number of benzene rings is 2. The molecule has 0 aliphatic carbocycles. The van der Waals surface area contributed by atoms with E-state index in [1.54, 1.807) is 50.5 Å². The fraction of sp³-hybridized carbons (Fsp3) is 0.381. The van der Waals surface area contributed by atoms with Crippen LogP contribution in [-0.2, 0) is 32.7 Å². The van der Waals surface area contributed by atoms with Crippen LogP contribution in [0, 0.1) is 0 Å². The first-order valence-electron chi connectivity index (χ1n) is 19.3. The fourth-order valence-corrected chi connectivity index (χ4v) is 7.59. The number of aryl methyl sites for hydroxylation is 1. The molecule has 0 spiro atoms. The summed E-state index contributed by atoms with van der Waals surface area (Å²) in [6, 6.07) is 9.34. The lowest BCUT2D eigenvalue weighted by molar-refractivity contribution is -0.136. The number of piperidine rings is 1. The Labute approximate surface area is 340 Å². The molecule has 4 amide bonds. The van der Waals surface area contributed by atoms with Crippen molar-refractivity contribution in [3.63, 3.8) is 0 Å². The van der Waals surface area contributed by atoms with Crippen LogP contribution in [0.5, 0.6) is 17.2 Å². The van der Waals surface area contributed by atoms with E-state index < -0.39 is 29.7 Å². The molecule has 2 saturated heterocycles. The molecule has 3 aliphatic rings. The second-order valence-electron chi connectivity index (χ2n) is 14.5. The molecule has 2 fully saturated rings. The molecule has 2 unspecified atom stereocenters. The molecule has 17 heteroatoms. The maximum atomic E-state index is 13.0. The van der Waals surface area contributed by atoms with E-state index in [0.29, 0.717) is 54.6 Å². The van der Waals surface area contributed by atoms with Crippen molar-refractivity contribution in [2.75, 3.05) is 60.3 Å². The van der Waals surface area contributed by atoms with Gasteiger partial charge in [-0.15, -0.1) is 0 Å². The number of nitrogens with one attached hydrogen (secondary N) is 2. The largest absolute Gasteiger partial charge is 0.496 e. The second kappa shape index (κ2) is 18.1. The lowest BCUT2D eigenvalue weighted by Crippen LogP contribution is -2.54. The normalized spacial score (nSPS) is 18.4. The average Bonchev–Trinajstić information content (AvgIpc) is 3.79. The molecule has 5 heterocycles.